The summed E-state index contributed by atoms with van der Waals surface area (Å²) >= 11 is 19.2. The molecule has 5 rings (SSSR count). The van der Waals surface area contributed by atoms with Crippen LogP contribution in [0, 0.1) is 0 Å². The molecule has 10 heteroatoms. The number of hydrogen-bond acceptors (Lipinski definition) is 7. The molecular formula is C22H14Cl3N5O2. The highest BCUT2D eigenvalue weighted by Crippen LogP contribution is 2.45. The first-order chi connectivity index (χ1) is 15.5. The molecule has 2 aromatic heterocycles. The van der Waals surface area contributed by atoms with Crippen molar-refractivity contribution in [1.82, 2.24) is 20.1 Å². The predicted octanol–water partition coefficient (Wildman–Crippen LogP) is 5.39. The monoisotopic (exact) mass is 485 g/mol. The first-order valence-corrected chi connectivity index (χ1v) is 10.8. The first kappa shape index (κ1) is 20.9. The van der Waals surface area contributed by atoms with Gasteiger partial charge in [-0.3, -0.25) is 4.79 Å². The summed E-state index contributed by atoms with van der Waals surface area (Å²) in [6.45, 7) is 0.404. The third kappa shape index (κ3) is 3.72. The fraction of sp³-hybridized carbons (Fsp3) is 0.136. The van der Waals surface area contributed by atoms with Crippen molar-refractivity contribution in [1.29, 1.82) is 0 Å². The highest BCUT2D eigenvalue weighted by molar-refractivity contribution is 6.35. The van der Waals surface area contributed by atoms with Crippen LogP contribution in [0.2, 0.25) is 10.0 Å². The SMILES string of the molecule is O=C(c1nc(-c2ccncn2)no1)C1c2ccccc2N(Cc2ccc(Cl)cc2Cl)C1Cl. The van der Waals surface area contributed by atoms with Crippen LogP contribution >= 0.6 is 34.8 Å². The van der Waals surface area contributed by atoms with Gasteiger partial charge in [0.1, 0.15) is 17.5 Å². The second-order valence-electron chi connectivity index (χ2n) is 7.15. The Kier molecular flexibility index (Phi) is 5.55. The highest BCUT2D eigenvalue weighted by atomic mass is 35.5. The molecule has 2 atom stereocenters. The van der Waals surface area contributed by atoms with Crippen LogP contribution in [-0.2, 0) is 6.54 Å². The zero-order valence-corrected chi connectivity index (χ0v) is 18.6. The van der Waals surface area contributed by atoms with Crippen molar-refractivity contribution in [3.8, 4) is 11.5 Å². The van der Waals surface area contributed by atoms with Crippen LogP contribution in [-0.4, -0.2) is 31.4 Å². The smallest absolute Gasteiger partial charge is 0.295 e. The van der Waals surface area contributed by atoms with Gasteiger partial charge in [0.25, 0.3) is 5.89 Å². The summed E-state index contributed by atoms with van der Waals surface area (Å²) in [5, 5.41) is 4.96. The van der Waals surface area contributed by atoms with Crippen molar-refractivity contribution in [2.24, 2.45) is 0 Å². The number of carbonyl (C=O) groups excluding carboxylic acids is 1. The lowest BCUT2D eigenvalue weighted by molar-refractivity contribution is 0.0917. The lowest BCUT2D eigenvalue weighted by Gasteiger charge is -2.25. The third-order valence-electron chi connectivity index (χ3n) is 5.24. The molecule has 0 spiro atoms. The minimum absolute atomic E-state index is 0.129. The Hall–Kier alpha value is -3.00. The van der Waals surface area contributed by atoms with E-state index in [0.29, 0.717) is 22.3 Å². The fourth-order valence-electron chi connectivity index (χ4n) is 3.73. The van der Waals surface area contributed by atoms with Gasteiger partial charge in [0.05, 0.1) is 5.92 Å². The number of fused-ring (bicyclic) bond motifs is 1. The maximum Gasteiger partial charge on any atom is 0.295 e. The number of halogens is 3. The van der Waals surface area contributed by atoms with Crippen molar-refractivity contribution in [3.63, 3.8) is 0 Å². The van der Waals surface area contributed by atoms with Crippen LogP contribution in [0.3, 0.4) is 0 Å². The van der Waals surface area contributed by atoms with E-state index in [2.05, 4.69) is 20.1 Å². The van der Waals surface area contributed by atoms with Crippen molar-refractivity contribution < 1.29 is 9.32 Å². The van der Waals surface area contributed by atoms with Crippen molar-refractivity contribution in [2.75, 3.05) is 4.90 Å². The number of anilines is 1. The van der Waals surface area contributed by atoms with Gasteiger partial charge in [-0.15, -0.1) is 0 Å². The first-order valence-electron chi connectivity index (χ1n) is 9.61. The number of benzene rings is 2. The number of Topliss-reactive ketones (excluding diaryl/α,β-unsaturated/α-hetero) is 1. The van der Waals surface area contributed by atoms with Gasteiger partial charge in [0.2, 0.25) is 11.6 Å². The Balaban J connectivity index is 1.47. The largest absolute Gasteiger partial charge is 0.349 e. The van der Waals surface area contributed by atoms with Crippen molar-refractivity contribution in [3.05, 3.63) is 88.1 Å². The van der Waals surface area contributed by atoms with E-state index >= 15 is 0 Å². The minimum atomic E-state index is -0.697. The van der Waals surface area contributed by atoms with E-state index in [1.165, 1.54) is 6.33 Å². The summed E-state index contributed by atoms with van der Waals surface area (Å²) in [7, 11) is 0. The van der Waals surface area contributed by atoms with Gasteiger partial charge >= 0.3 is 0 Å². The lowest BCUT2D eigenvalue weighted by atomic mass is 9.96. The number of nitrogens with zero attached hydrogens (tertiary/aromatic N) is 5. The average Bonchev–Trinajstić information content (AvgIpc) is 3.40. The van der Waals surface area contributed by atoms with E-state index in [1.807, 2.05) is 35.2 Å². The molecule has 2 aromatic carbocycles. The number of ketones is 1. The molecule has 0 saturated heterocycles. The van der Waals surface area contributed by atoms with Crippen LogP contribution in [0.25, 0.3) is 11.5 Å². The van der Waals surface area contributed by atoms with Crippen molar-refractivity contribution in [2.45, 2.75) is 18.0 Å². The molecule has 160 valence electrons. The molecule has 3 heterocycles. The van der Waals surface area contributed by atoms with Gasteiger partial charge in [0, 0.05) is 28.5 Å². The molecule has 1 aliphatic rings. The second kappa shape index (κ2) is 8.50. The third-order valence-corrected chi connectivity index (χ3v) is 6.31. The van der Waals surface area contributed by atoms with Crippen LogP contribution < -0.4 is 4.90 Å². The molecular weight excluding hydrogens is 473 g/mol. The normalized spacial score (nSPS) is 17.4. The van der Waals surface area contributed by atoms with E-state index in [1.54, 1.807) is 24.4 Å². The highest BCUT2D eigenvalue weighted by Gasteiger charge is 2.43. The van der Waals surface area contributed by atoms with E-state index in [-0.39, 0.29) is 17.5 Å². The molecule has 0 N–H and O–H groups in total. The number of hydrogen-bond donors (Lipinski definition) is 0. The zero-order chi connectivity index (χ0) is 22.2. The van der Waals surface area contributed by atoms with Crippen LogP contribution in [0.15, 0.2) is 65.6 Å². The molecule has 32 heavy (non-hydrogen) atoms. The number of aromatic nitrogens is 4. The van der Waals surface area contributed by atoms with E-state index in [9.17, 15) is 4.79 Å². The van der Waals surface area contributed by atoms with E-state index in [0.717, 1.165) is 16.8 Å². The summed E-state index contributed by atoms with van der Waals surface area (Å²) in [5.74, 6) is -0.985. The summed E-state index contributed by atoms with van der Waals surface area (Å²) in [6.07, 6.45) is 2.93. The quantitative estimate of drug-likeness (QED) is 0.212. The molecule has 2 unspecified atom stereocenters. The topological polar surface area (TPSA) is 85.0 Å². The number of rotatable bonds is 5. The van der Waals surface area contributed by atoms with Crippen molar-refractivity contribution >= 4 is 46.3 Å². The van der Waals surface area contributed by atoms with Gasteiger partial charge < -0.3 is 9.42 Å². The van der Waals surface area contributed by atoms with Gasteiger partial charge in [-0.1, -0.05) is 64.2 Å². The Morgan fingerprint density at radius 2 is 1.97 bits per heavy atom. The summed E-state index contributed by atoms with van der Waals surface area (Å²) in [5.41, 5.74) is 2.24. The van der Waals surface area contributed by atoms with Crippen LogP contribution in [0.5, 0.6) is 0 Å². The molecule has 0 amide bonds. The van der Waals surface area contributed by atoms with Crippen LogP contribution in [0.1, 0.15) is 27.7 Å². The molecule has 0 radical (unpaired) electrons. The lowest BCUT2D eigenvalue weighted by Crippen LogP contribution is -2.32. The Morgan fingerprint density at radius 3 is 2.75 bits per heavy atom. The maximum atomic E-state index is 13.4. The summed E-state index contributed by atoms with van der Waals surface area (Å²) < 4.78 is 5.26. The van der Waals surface area contributed by atoms with Gasteiger partial charge in [-0.2, -0.15) is 4.98 Å². The number of carbonyl (C=O) groups is 1. The van der Waals surface area contributed by atoms with Gasteiger partial charge in [-0.05, 0) is 35.4 Å². The maximum absolute atomic E-state index is 13.4. The van der Waals surface area contributed by atoms with E-state index in [4.69, 9.17) is 39.3 Å². The Labute approximate surface area is 198 Å². The minimum Gasteiger partial charge on any atom is -0.349 e. The molecule has 0 saturated carbocycles. The molecule has 0 fully saturated rings. The number of para-hydroxylation sites is 1. The van der Waals surface area contributed by atoms with Gasteiger partial charge in [-0.25, -0.2) is 9.97 Å². The summed E-state index contributed by atoms with van der Waals surface area (Å²) in [6, 6.07) is 14.5. The fourth-order valence-corrected chi connectivity index (χ4v) is 4.62. The molecule has 1 aliphatic heterocycles. The van der Waals surface area contributed by atoms with E-state index < -0.39 is 11.4 Å². The average molecular weight is 487 g/mol. The predicted molar refractivity (Wildman–Crippen MR) is 121 cm³/mol. The summed E-state index contributed by atoms with van der Waals surface area (Å²) in [4.78, 5) is 27.5. The van der Waals surface area contributed by atoms with Crippen LogP contribution in [0.4, 0.5) is 5.69 Å². The standard InChI is InChI=1S/C22H14Cl3N5O2/c23-13-6-5-12(15(24)9-13)10-30-17-4-2-1-3-14(17)18(20(30)25)19(31)22-28-21(29-32-22)16-7-8-26-11-27-16/h1-9,11,18,20H,10H2. The molecule has 0 aliphatic carbocycles. The van der Waals surface area contributed by atoms with Gasteiger partial charge in [0.15, 0.2) is 0 Å². The second-order valence-corrected chi connectivity index (χ2v) is 8.45. The Morgan fingerprint density at radius 1 is 1.12 bits per heavy atom. The molecule has 4 aromatic rings. The molecule has 7 nitrogen and oxygen atoms in total. The number of alkyl halides is 1. The molecule has 0 bridgehead atoms. The zero-order valence-electron chi connectivity index (χ0n) is 16.3. The Bertz CT molecular complexity index is 1300.